The highest BCUT2D eigenvalue weighted by Gasteiger charge is 2.52. The summed E-state index contributed by atoms with van der Waals surface area (Å²) in [5.41, 5.74) is 16.8. The van der Waals surface area contributed by atoms with Gasteiger partial charge in [0.15, 0.2) is 12.6 Å². The van der Waals surface area contributed by atoms with Gasteiger partial charge in [0.05, 0.1) is 12.6 Å². The topological polar surface area (TPSA) is 248 Å². The van der Waals surface area contributed by atoms with E-state index in [-0.39, 0.29) is 13.0 Å². The lowest BCUT2D eigenvalue weighted by molar-refractivity contribution is -0.332. The van der Waals surface area contributed by atoms with Crippen molar-refractivity contribution >= 4 is 0 Å². The summed E-state index contributed by atoms with van der Waals surface area (Å²) in [5.74, 6) is 0. The Labute approximate surface area is 197 Å². The average Bonchev–Trinajstić information content (AvgIpc) is 2.75. The third-order valence-corrected chi connectivity index (χ3v) is 6.91. The smallest absolute Gasteiger partial charge is 0.187 e. The van der Waals surface area contributed by atoms with Gasteiger partial charge in [-0.05, 0) is 27.3 Å². The van der Waals surface area contributed by atoms with Gasteiger partial charge in [0.1, 0.15) is 54.4 Å². The largest absolute Gasteiger partial charge is 0.388 e. The van der Waals surface area contributed by atoms with Gasteiger partial charge < -0.3 is 72.1 Å². The first kappa shape index (κ1) is 28.0. The molecular weight excluding hydrogens is 456 g/mol. The Balaban J connectivity index is 1.73. The Kier molecular flexibility index (Phi) is 8.92. The molecule has 0 unspecified atom stereocenters. The molecule has 0 spiro atoms. The number of hydrogen-bond acceptors (Lipinski definition) is 14. The maximum atomic E-state index is 11.0. The molecule has 3 rings (SSSR count). The zero-order chi connectivity index (χ0) is 25.5. The number of nitrogens with two attached hydrogens (primary N) is 3. The summed E-state index contributed by atoms with van der Waals surface area (Å²) < 4.78 is 22.7. The van der Waals surface area contributed by atoms with E-state index in [0.29, 0.717) is 0 Å². The van der Waals surface area contributed by atoms with E-state index in [2.05, 4.69) is 5.32 Å². The summed E-state index contributed by atoms with van der Waals surface area (Å²) in [6.45, 7) is 2.93. The lowest BCUT2D eigenvalue weighted by Crippen LogP contribution is -2.69. The number of nitrogens with one attached hydrogen (secondary N) is 1. The summed E-state index contributed by atoms with van der Waals surface area (Å²) in [4.78, 5) is 0. The van der Waals surface area contributed by atoms with E-state index < -0.39 is 91.2 Å². The number of hydrogen-bond donors (Lipinski definition) is 10. The molecule has 34 heavy (non-hydrogen) atoms. The monoisotopic (exact) mass is 496 g/mol. The fourth-order valence-electron chi connectivity index (χ4n) is 4.94. The summed E-state index contributed by atoms with van der Waals surface area (Å²) in [5, 5.41) is 65.6. The van der Waals surface area contributed by atoms with E-state index >= 15 is 0 Å². The van der Waals surface area contributed by atoms with Crippen LogP contribution in [0, 0.1) is 0 Å². The van der Waals surface area contributed by atoms with Crippen LogP contribution in [0.2, 0.25) is 0 Å². The summed E-state index contributed by atoms with van der Waals surface area (Å²) in [7, 11) is 1.57. The lowest BCUT2D eigenvalue weighted by atomic mass is 9.84. The lowest BCUT2D eigenvalue weighted by Gasteiger charge is -2.49. The van der Waals surface area contributed by atoms with Crippen molar-refractivity contribution in [3.8, 4) is 0 Å². The van der Waals surface area contributed by atoms with Crippen molar-refractivity contribution in [2.45, 2.75) is 111 Å². The molecule has 15 atom stereocenters. The van der Waals surface area contributed by atoms with E-state index in [1.54, 1.807) is 14.0 Å². The fourth-order valence-corrected chi connectivity index (χ4v) is 4.94. The highest BCUT2D eigenvalue weighted by molar-refractivity contribution is 5.02. The van der Waals surface area contributed by atoms with Gasteiger partial charge in [-0.1, -0.05) is 0 Å². The number of aliphatic hydroxyl groups is 6. The number of aliphatic hydroxyl groups excluding tert-OH is 5. The average molecular weight is 497 g/mol. The van der Waals surface area contributed by atoms with Gasteiger partial charge in [0, 0.05) is 18.1 Å². The molecule has 2 aliphatic heterocycles. The Morgan fingerprint density at radius 3 is 2.00 bits per heavy atom. The summed E-state index contributed by atoms with van der Waals surface area (Å²) in [6.07, 6.45) is -13.2. The Morgan fingerprint density at radius 2 is 1.47 bits per heavy atom. The van der Waals surface area contributed by atoms with Crippen LogP contribution in [0.3, 0.4) is 0 Å². The summed E-state index contributed by atoms with van der Waals surface area (Å²) in [6, 6.07) is -3.01. The molecule has 1 aliphatic carbocycles. The second kappa shape index (κ2) is 10.8. The highest BCUT2D eigenvalue weighted by atomic mass is 16.7. The van der Waals surface area contributed by atoms with E-state index in [9.17, 15) is 30.6 Å². The first-order valence-corrected chi connectivity index (χ1v) is 11.4. The number of likely N-dealkylation sites (N-methyl/N-ethyl adjacent to an activating group) is 1. The predicted octanol–water partition coefficient (Wildman–Crippen LogP) is -5.61. The van der Waals surface area contributed by atoms with Gasteiger partial charge in [-0.2, -0.15) is 0 Å². The van der Waals surface area contributed by atoms with Gasteiger partial charge in [-0.3, -0.25) is 0 Å². The van der Waals surface area contributed by atoms with Crippen LogP contribution in [0.25, 0.3) is 0 Å². The highest BCUT2D eigenvalue weighted by Crippen LogP contribution is 2.32. The quantitative estimate of drug-likeness (QED) is 0.165. The normalized spacial score (nSPS) is 53.5. The van der Waals surface area contributed by atoms with Gasteiger partial charge in [-0.15, -0.1) is 0 Å². The van der Waals surface area contributed by atoms with Gasteiger partial charge >= 0.3 is 0 Å². The van der Waals surface area contributed by atoms with E-state index in [1.165, 1.54) is 6.92 Å². The SMILES string of the molecule is CN[C@@H]1[C@@H](O)[C@@H](O[C@@H]2[C@@H](O)[C@H](O[C@H]3O[C@H]([C@H](C)N)[C@@H](O)[C@H](O)[C@H]3O)[C@@H](N)C[C@H]2N)OC[C@]1(C)O. The molecular formula is C20H40N4O10. The molecule has 14 heteroatoms. The van der Waals surface area contributed by atoms with Crippen LogP contribution in [0.4, 0.5) is 0 Å². The molecule has 0 radical (unpaired) electrons. The van der Waals surface area contributed by atoms with Gasteiger partial charge in [-0.25, -0.2) is 0 Å². The molecule has 0 bridgehead atoms. The molecule has 0 aromatic rings. The molecule has 1 saturated carbocycles. The van der Waals surface area contributed by atoms with Crippen molar-refractivity contribution in [1.29, 1.82) is 0 Å². The van der Waals surface area contributed by atoms with Gasteiger partial charge in [0.25, 0.3) is 0 Å². The van der Waals surface area contributed by atoms with Crippen LogP contribution < -0.4 is 22.5 Å². The Hall–Kier alpha value is -0.560. The van der Waals surface area contributed by atoms with Crippen molar-refractivity contribution < 1.29 is 49.6 Å². The van der Waals surface area contributed by atoms with E-state index in [0.717, 1.165) is 0 Å². The first-order chi connectivity index (χ1) is 15.8. The molecule has 13 N–H and O–H groups in total. The standard InChI is InChI=1S/C20H40N4O10/c1-6(21)14-10(26)9(25)11(27)19(32-14)34-16-8(23)4-7(22)15(12(16)28)33-18-13(29)17(24-3)20(2,30)5-31-18/h6-19,24-30H,4-5,21-23H2,1-3H3/t6-,7+,8-,9-,10-,11+,12+,13+,14+,15-,16+,17+,18+,19+,20-/m0/s1. The van der Waals surface area contributed by atoms with Crippen molar-refractivity contribution in [1.82, 2.24) is 5.32 Å². The minimum atomic E-state index is -1.64. The van der Waals surface area contributed by atoms with E-state index in [1.807, 2.05) is 0 Å². The molecule has 0 amide bonds. The zero-order valence-corrected chi connectivity index (χ0v) is 19.5. The number of rotatable bonds is 6. The van der Waals surface area contributed by atoms with Gasteiger partial charge in [0.2, 0.25) is 0 Å². The fraction of sp³-hybridized carbons (Fsp3) is 1.00. The molecule has 3 aliphatic rings. The van der Waals surface area contributed by atoms with Crippen molar-refractivity contribution in [3.05, 3.63) is 0 Å². The number of ether oxygens (including phenoxy) is 4. The molecule has 2 heterocycles. The van der Waals surface area contributed by atoms with Crippen molar-refractivity contribution in [2.24, 2.45) is 17.2 Å². The van der Waals surface area contributed by atoms with Crippen LogP contribution in [0.5, 0.6) is 0 Å². The molecule has 0 aromatic carbocycles. The predicted molar refractivity (Wildman–Crippen MR) is 116 cm³/mol. The van der Waals surface area contributed by atoms with Crippen LogP contribution in [-0.4, -0.2) is 135 Å². The van der Waals surface area contributed by atoms with Crippen molar-refractivity contribution in [2.75, 3.05) is 13.7 Å². The van der Waals surface area contributed by atoms with Crippen LogP contribution in [0.1, 0.15) is 20.3 Å². The molecule has 0 aromatic heterocycles. The first-order valence-electron chi connectivity index (χ1n) is 11.4. The van der Waals surface area contributed by atoms with E-state index in [4.69, 9.17) is 36.1 Å². The minimum absolute atomic E-state index is 0.140. The minimum Gasteiger partial charge on any atom is -0.388 e. The molecule has 14 nitrogen and oxygen atoms in total. The molecule has 2 saturated heterocycles. The maximum Gasteiger partial charge on any atom is 0.187 e. The Morgan fingerprint density at radius 1 is 0.912 bits per heavy atom. The molecule has 3 fully saturated rings. The van der Waals surface area contributed by atoms with Crippen LogP contribution in [0.15, 0.2) is 0 Å². The van der Waals surface area contributed by atoms with Crippen molar-refractivity contribution in [3.63, 3.8) is 0 Å². The van der Waals surface area contributed by atoms with Crippen LogP contribution in [-0.2, 0) is 18.9 Å². The summed E-state index contributed by atoms with van der Waals surface area (Å²) >= 11 is 0. The second-order valence-electron chi connectivity index (χ2n) is 9.85. The zero-order valence-electron chi connectivity index (χ0n) is 19.5. The third-order valence-electron chi connectivity index (χ3n) is 6.91. The second-order valence-corrected chi connectivity index (χ2v) is 9.85. The maximum absolute atomic E-state index is 11.0. The third kappa shape index (κ3) is 5.40. The molecule has 200 valence electrons. The van der Waals surface area contributed by atoms with Crippen LogP contribution >= 0.6 is 0 Å². The Bertz CT molecular complexity index is 675.